The van der Waals surface area contributed by atoms with Crippen LogP contribution in [0.2, 0.25) is 0 Å². The van der Waals surface area contributed by atoms with E-state index in [1.807, 2.05) is 5.92 Å². The summed E-state index contributed by atoms with van der Waals surface area (Å²) in [6, 6.07) is 0. The molecule has 2 atom stereocenters. The van der Waals surface area contributed by atoms with Gasteiger partial charge in [-0.3, -0.25) is 4.18 Å². The zero-order valence-corrected chi connectivity index (χ0v) is 6.33. The molecule has 0 aliphatic heterocycles. The molecule has 0 amide bonds. The van der Waals surface area contributed by atoms with Crippen molar-refractivity contribution in [2.24, 2.45) is 0 Å². The summed E-state index contributed by atoms with van der Waals surface area (Å²) < 4.78 is 48.3. The van der Waals surface area contributed by atoms with Gasteiger partial charge in [0.05, 0.1) is 0 Å². The van der Waals surface area contributed by atoms with E-state index in [1.165, 1.54) is 6.92 Å². The molecule has 64 valence electrons. The summed E-state index contributed by atoms with van der Waals surface area (Å²) in [6.07, 6.45) is 3.59. The van der Waals surface area contributed by atoms with Crippen LogP contribution in [-0.2, 0) is 15.3 Å². The van der Waals surface area contributed by atoms with Crippen LogP contribution in [0.5, 0.6) is 0 Å². The zero-order chi connectivity index (χ0) is 9.07. The van der Waals surface area contributed by atoms with Crippen LogP contribution in [0, 0.1) is 12.3 Å². The number of alkyl halides is 3. The molecule has 0 saturated carbocycles. The summed E-state index contributed by atoms with van der Waals surface area (Å²) in [5.74, 6) is 1.85. The number of hydrogen-bond acceptors (Lipinski definition) is 2. The molecule has 2 unspecified atom stereocenters. The average molecular weight is 186 g/mol. The third kappa shape index (κ3) is 4.01. The van der Waals surface area contributed by atoms with Crippen molar-refractivity contribution < 1.29 is 21.6 Å². The second kappa shape index (κ2) is 3.74. The lowest BCUT2D eigenvalue weighted by Gasteiger charge is -2.07. The maximum Gasteiger partial charge on any atom is 0.497 e. The summed E-state index contributed by atoms with van der Waals surface area (Å²) >= 11 is -3.31. The maximum atomic E-state index is 11.5. The van der Waals surface area contributed by atoms with Crippen LogP contribution in [0.1, 0.15) is 6.92 Å². The predicted molar refractivity (Wildman–Crippen MR) is 33.6 cm³/mol. The largest absolute Gasteiger partial charge is 0.497 e. The Balaban J connectivity index is 4.01. The van der Waals surface area contributed by atoms with Gasteiger partial charge in [-0.2, -0.15) is 13.2 Å². The summed E-state index contributed by atoms with van der Waals surface area (Å²) in [5, 5.41) is 0. The van der Waals surface area contributed by atoms with Gasteiger partial charge >= 0.3 is 5.51 Å². The van der Waals surface area contributed by atoms with E-state index in [-0.39, 0.29) is 0 Å². The summed E-state index contributed by atoms with van der Waals surface area (Å²) in [5.41, 5.74) is -4.86. The normalized spacial score (nSPS) is 17.0. The van der Waals surface area contributed by atoms with Gasteiger partial charge in [-0.1, -0.05) is 5.92 Å². The molecule has 0 fully saturated rings. The molecule has 0 rings (SSSR count). The van der Waals surface area contributed by atoms with Crippen molar-refractivity contribution >= 4 is 11.1 Å². The SMILES string of the molecule is C#CC(C)OS(=O)C(F)(F)F. The van der Waals surface area contributed by atoms with Crippen LogP contribution in [0.4, 0.5) is 13.2 Å². The van der Waals surface area contributed by atoms with Crippen LogP contribution in [0.25, 0.3) is 0 Å². The monoisotopic (exact) mass is 186 g/mol. The molecule has 0 heterocycles. The Morgan fingerprint density at radius 1 is 1.64 bits per heavy atom. The standard InChI is InChI=1S/C5H5F3O2S/c1-3-4(2)10-11(9)5(6,7)8/h1,4H,2H3. The van der Waals surface area contributed by atoms with Gasteiger partial charge in [0.25, 0.3) is 11.1 Å². The highest BCUT2D eigenvalue weighted by atomic mass is 32.2. The topological polar surface area (TPSA) is 26.3 Å². The van der Waals surface area contributed by atoms with E-state index in [0.29, 0.717) is 0 Å². The summed E-state index contributed by atoms with van der Waals surface area (Å²) in [7, 11) is 0. The molecule has 0 bridgehead atoms. The van der Waals surface area contributed by atoms with Crippen molar-refractivity contribution in [2.75, 3.05) is 0 Å². The van der Waals surface area contributed by atoms with Crippen molar-refractivity contribution in [1.82, 2.24) is 0 Å². The third-order valence-electron chi connectivity index (χ3n) is 0.655. The van der Waals surface area contributed by atoms with E-state index in [9.17, 15) is 17.4 Å². The third-order valence-corrected chi connectivity index (χ3v) is 1.50. The lowest BCUT2D eigenvalue weighted by atomic mass is 10.4. The Morgan fingerprint density at radius 2 is 2.09 bits per heavy atom. The van der Waals surface area contributed by atoms with Crippen LogP contribution in [0.15, 0.2) is 0 Å². The molecule has 0 radical (unpaired) electrons. The summed E-state index contributed by atoms with van der Waals surface area (Å²) in [6.45, 7) is 1.20. The van der Waals surface area contributed by atoms with Crippen molar-refractivity contribution in [2.45, 2.75) is 18.5 Å². The van der Waals surface area contributed by atoms with Gasteiger partial charge in [0.2, 0.25) is 0 Å². The van der Waals surface area contributed by atoms with Crippen LogP contribution >= 0.6 is 0 Å². The van der Waals surface area contributed by atoms with Crippen LogP contribution in [-0.4, -0.2) is 15.8 Å². The highest BCUT2D eigenvalue weighted by Crippen LogP contribution is 2.21. The Hall–Kier alpha value is -0.540. The Bertz CT molecular complexity index is 193. The first-order valence-electron chi connectivity index (χ1n) is 2.49. The fourth-order valence-electron chi connectivity index (χ4n) is 0.213. The summed E-state index contributed by atoms with van der Waals surface area (Å²) in [4.78, 5) is 0. The first-order chi connectivity index (χ1) is 4.88. The second-order valence-corrected chi connectivity index (χ2v) is 2.71. The Kier molecular flexibility index (Phi) is 3.55. The number of halogens is 3. The second-order valence-electron chi connectivity index (χ2n) is 1.59. The highest BCUT2D eigenvalue weighted by Gasteiger charge is 2.39. The maximum absolute atomic E-state index is 11.5. The van der Waals surface area contributed by atoms with Crippen molar-refractivity contribution in [3.63, 3.8) is 0 Å². The van der Waals surface area contributed by atoms with E-state index >= 15 is 0 Å². The van der Waals surface area contributed by atoms with E-state index < -0.39 is 22.7 Å². The molecule has 11 heavy (non-hydrogen) atoms. The van der Waals surface area contributed by atoms with E-state index in [0.717, 1.165) is 0 Å². The van der Waals surface area contributed by atoms with Crippen molar-refractivity contribution in [3.8, 4) is 12.3 Å². The van der Waals surface area contributed by atoms with Gasteiger partial charge in [0, 0.05) is 0 Å². The van der Waals surface area contributed by atoms with Gasteiger partial charge in [-0.25, -0.2) is 4.21 Å². The smallest absolute Gasteiger partial charge is 0.268 e. The van der Waals surface area contributed by atoms with Gasteiger partial charge < -0.3 is 0 Å². The lowest BCUT2D eigenvalue weighted by molar-refractivity contribution is -0.0482. The predicted octanol–water partition coefficient (Wildman–Crippen LogP) is 1.21. The molecule has 2 nitrogen and oxygen atoms in total. The molecule has 0 saturated heterocycles. The molecular weight excluding hydrogens is 181 g/mol. The van der Waals surface area contributed by atoms with E-state index in [4.69, 9.17) is 0 Å². The molecule has 0 aliphatic rings. The molecular formula is C5H5F3O2S. The van der Waals surface area contributed by atoms with Gasteiger partial charge in [-0.05, 0) is 6.92 Å². The van der Waals surface area contributed by atoms with Crippen molar-refractivity contribution in [3.05, 3.63) is 0 Å². The quantitative estimate of drug-likeness (QED) is 0.606. The number of terminal acetylenes is 1. The molecule has 0 N–H and O–H groups in total. The van der Waals surface area contributed by atoms with E-state index in [2.05, 4.69) is 10.6 Å². The Morgan fingerprint density at radius 3 is 2.36 bits per heavy atom. The molecule has 6 heteroatoms. The molecule has 0 aliphatic carbocycles. The lowest BCUT2D eigenvalue weighted by Crippen LogP contribution is -2.22. The van der Waals surface area contributed by atoms with Gasteiger partial charge in [-0.15, -0.1) is 6.42 Å². The van der Waals surface area contributed by atoms with Crippen LogP contribution < -0.4 is 0 Å². The van der Waals surface area contributed by atoms with Crippen LogP contribution in [0.3, 0.4) is 0 Å². The van der Waals surface area contributed by atoms with Crippen molar-refractivity contribution in [1.29, 1.82) is 0 Å². The molecule has 0 aromatic heterocycles. The molecule has 0 aromatic rings. The number of hydrogen-bond donors (Lipinski definition) is 0. The van der Waals surface area contributed by atoms with Gasteiger partial charge in [0.15, 0.2) is 0 Å². The fraction of sp³-hybridized carbons (Fsp3) is 0.600. The molecule has 0 aromatic carbocycles. The minimum absolute atomic E-state index is 1.10. The Labute approximate surface area is 64.4 Å². The first-order valence-corrected chi connectivity index (χ1v) is 3.57. The minimum atomic E-state index is -4.86. The minimum Gasteiger partial charge on any atom is -0.268 e. The fourth-order valence-corrected chi connectivity index (χ4v) is 0.640. The van der Waals surface area contributed by atoms with Gasteiger partial charge in [0.1, 0.15) is 6.10 Å². The zero-order valence-electron chi connectivity index (χ0n) is 5.51. The first kappa shape index (κ1) is 10.5. The number of rotatable bonds is 2. The average Bonchev–Trinajstić information content (AvgIpc) is 1.85. The highest BCUT2D eigenvalue weighted by molar-refractivity contribution is 7.81. The molecule has 0 spiro atoms. The van der Waals surface area contributed by atoms with E-state index in [1.54, 1.807) is 0 Å².